The number of hydrogen-bond donors (Lipinski definition) is 1. The van der Waals surface area contributed by atoms with E-state index in [1.807, 2.05) is 0 Å². The summed E-state index contributed by atoms with van der Waals surface area (Å²) in [5, 5.41) is 10.6. The third-order valence-corrected chi connectivity index (χ3v) is 1.67. The van der Waals surface area contributed by atoms with Crippen LogP contribution in [0.2, 0.25) is 0 Å². The molecule has 0 saturated carbocycles. The van der Waals surface area contributed by atoms with Gasteiger partial charge in [0.2, 0.25) is 0 Å². The number of aryl methyl sites for hydroxylation is 1. The number of carbonyl (C=O) groups excluding carboxylic acids is 1. The van der Waals surface area contributed by atoms with Crippen LogP contribution in [0.3, 0.4) is 0 Å². The lowest BCUT2D eigenvalue weighted by Gasteiger charge is -1.98. The first-order chi connectivity index (χ1) is 7.04. The predicted molar refractivity (Wildman–Crippen MR) is 50.3 cm³/mol. The fourth-order valence-corrected chi connectivity index (χ4v) is 1.15. The normalized spacial score (nSPS) is 10.0. The second-order valence-corrected chi connectivity index (χ2v) is 2.86. The molecule has 0 aliphatic heterocycles. The molecule has 0 atom stereocenters. The zero-order valence-electron chi connectivity index (χ0n) is 8.44. The molecule has 0 bridgehead atoms. The number of H-pyrrole nitrogens is 1. The zero-order valence-corrected chi connectivity index (χ0v) is 8.44. The summed E-state index contributed by atoms with van der Waals surface area (Å²) in [7, 11) is 0. The van der Waals surface area contributed by atoms with Gasteiger partial charge >= 0.3 is 11.8 Å². The Balaban J connectivity index is 2.84. The molecule has 0 fully saturated rings. The van der Waals surface area contributed by atoms with Gasteiger partial charge < -0.3 is 14.9 Å². The van der Waals surface area contributed by atoms with Crippen molar-refractivity contribution in [2.45, 2.75) is 20.3 Å². The van der Waals surface area contributed by atoms with E-state index >= 15 is 0 Å². The number of imidazole rings is 1. The van der Waals surface area contributed by atoms with Gasteiger partial charge in [-0.3, -0.25) is 4.79 Å². The van der Waals surface area contributed by atoms with E-state index in [0.29, 0.717) is 5.82 Å². The van der Waals surface area contributed by atoms with E-state index in [-0.39, 0.29) is 24.5 Å². The van der Waals surface area contributed by atoms with Gasteiger partial charge in [0.25, 0.3) is 0 Å². The van der Waals surface area contributed by atoms with Crippen LogP contribution < -0.4 is 0 Å². The minimum absolute atomic E-state index is 0.107. The molecule has 0 radical (unpaired) electrons. The van der Waals surface area contributed by atoms with Gasteiger partial charge in [0, 0.05) is 6.92 Å². The topological polar surface area (TPSA) is 98.1 Å². The molecule has 15 heavy (non-hydrogen) atoms. The Morgan fingerprint density at radius 1 is 1.67 bits per heavy atom. The van der Waals surface area contributed by atoms with Crippen LogP contribution >= 0.6 is 0 Å². The zero-order chi connectivity index (χ0) is 11.4. The molecule has 1 N–H and O–H groups in total. The van der Waals surface area contributed by atoms with Gasteiger partial charge in [-0.2, -0.15) is 0 Å². The van der Waals surface area contributed by atoms with Crippen molar-refractivity contribution in [2.75, 3.05) is 6.61 Å². The average Bonchev–Trinajstić information content (AvgIpc) is 2.47. The van der Waals surface area contributed by atoms with E-state index in [2.05, 4.69) is 14.7 Å². The van der Waals surface area contributed by atoms with Crippen LogP contribution in [-0.2, 0) is 16.0 Å². The first-order valence-electron chi connectivity index (χ1n) is 4.40. The molecule has 1 heterocycles. The van der Waals surface area contributed by atoms with Crippen LogP contribution in [0.4, 0.5) is 5.82 Å². The molecule has 0 spiro atoms. The third kappa shape index (κ3) is 2.76. The second-order valence-electron chi connectivity index (χ2n) is 2.86. The van der Waals surface area contributed by atoms with Crippen LogP contribution in [0.15, 0.2) is 0 Å². The molecule has 1 aromatic rings. The van der Waals surface area contributed by atoms with Crippen LogP contribution in [0.1, 0.15) is 18.4 Å². The van der Waals surface area contributed by atoms with Crippen molar-refractivity contribution in [3.63, 3.8) is 0 Å². The highest BCUT2D eigenvalue weighted by Crippen LogP contribution is 2.15. The summed E-state index contributed by atoms with van der Waals surface area (Å²) >= 11 is 0. The number of rotatable bonds is 4. The van der Waals surface area contributed by atoms with Gasteiger partial charge in [0.1, 0.15) is 5.69 Å². The summed E-state index contributed by atoms with van der Waals surface area (Å²) in [5.41, 5.74) is 0.107. The Labute approximate surface area is 85.6 Å². The molecule has 7 heteroatoms. The molecule has 0 saturated heterocycles. The van der Waals surface area contributed by atoms with E-state index in [1.165, 1.54) is 0 Å². The van der Waals surface area contributed by atoms with Gasteiger partial charge in [-0.15, -0.1) is 0 Å². The predicted octanol–water partition coefficient (Wildman–Crippen LogP) is 0.732. The number of nitrogens with one attached hydrogen (secondary N) is 1. The van der Waals surface area contributed by atoms with Gasteiger partial charge in [0.15, 0.2) is 5.82 Å². The lowest BCUT2D eigenvalue weighted by Crippen LogP contribution is -2.09. The summed E-state index contributed by atoms with van der Waals surface area (Å²) in [5.74, 6) is -0.367. The van der Waals surface area contributed by atoms with Gasteiger partial charge in [-0.1, -0.05) is 0 Å². The lowest BCUT2D eigenvalue weighted by atomic mass is 10.3. The molecular formula is C8H11N3O4. The molecule has 1 rings (SSSR count). The highest BCUT2D eigenvalue weighted by molar-refractivity contribution is 5.73. The minimum Gasteiger partial charge on any atom is -0.466 e. The number of hydrogen-bond acceptors (Lipinski definition) is 5. The largest absolute Gasteiger partial charge is 0.466 e. The fourth-order valence-electron chi connectivity index (χ4n) is 1.15. The molecule has 1 aromatic heterocycles. The Morgan fingerprint density at radius 3 is 2.87 bits per heavy atom. The van der Waals surface area contributed by atoms with Gasteiger partial charge in [0.05, 0.1) is 13.0 Å². The maximum Gasteiger partial charge on any atom is 0.344 e. The number of aromatic nitrogens is 2. The van der Waals surface area contributed by atoms with E-state index in [0.717, 1.165) is 0 Å². The van der Waals surface area contributed by atoms with Gasteiger partial charge in [-0.25, -0.2) is 9.97 Å². The van der Waals surface area contributed by atoms with E-state index in [9.17, 15) is 14.9 Å². The van der Waals surface area contributed by atoms with Crippen molar-refractivity contribution in [1.29, 1.82) is 0 Å². The second kappa shape index (κ2) is 4.54. The van der Waals surface area contributed by atoms with Crippen LogP contribution in [0, 0.1) is 17.0 Å². The summed E-state index contributed by atoms with van der Waals surface area (Å²) in [6.45, 7) is 3.50. The Hall–Kier alpha value is -1.92. The van der Waals surface area contributed by atoms with E-state index in [4.69, 9.17) is 0 Å². The third-order valence-electron chi connectivity index (χ3n) is 1.67. The number of nitrogens with zero attached hydrogens (tertiary/aromatic N) is 2. The molecule has 0 aliphatic carbocycles. The lowest BCUT2D eigenvalue weighted by molar-refractivity contribution is -0.390. The van der Waals surface area contributed by atoms with E-state index < -0.39 is 10.9 Å². The smallest absolute Gasteiger partial charge is 0.344 e. The monoisotopic (exact) mass is 213 g/mol. The molecule has 82 valence electrons. The summed E-state index contributed by atoms with van der Waals surface area (Å²) in [6.07, 6.45) is -0.186. The molecule has 0 aliphatic rings. The van der Waals surface area contributed by atoms with Crippen molar-refractivity contribution in [2.24, 2.45) is 0 Å². The highest BCUT2D eigenvalue weighted by atomic mass is 16.6. The SMILES string of the molecule is CCOC(=O)Cc1nc(C)[nH]c1[N+](=O)[O-]. The number of carbonyl (C=O) groups is 1. The first kappa shape index (κ1) is 11.2. The van der Waals surface area contributed by atoms with Crippen molar-refractivity contribution in [1.82, 2.24) is 9.97 Å². The Kier molecular flexibility index (Phi) is 3.37. The average molecular weight is 213 g/mol. The van der Waals surface area contributed by atoms with Crippen LogP contribution in [0.5, 0.6) is 0 Å². The van der Waals surface area contributed by atoms with Crippen molar-refractivity contribution < 1.29 is 14.5 Å². The standard InChI is InChI=1S/C8H11N3O4/c1-3-15-7(12)4-6-8(11(13)14)10-5(2)9-6/h3-4H2,1-2H3,(H,9,10). The maximum absolute atomic E-state index is 11.1. The van der Waals surface area contributed by atoms with Crippen LogP contribution in [0.25, 0.3) is 0 Å². The number of nitro groups is 1. The fraction of sp³-hybridized carbons (Fsp3) is 0.500. The number of esters is 1. The molecule has 0 unspecified atom stereocenters. The molecule has 0 aromatic carbocycles. The summed E-state index contributed by atoms with van der Waals surface area (Å²) in [6, 6.07) is 0. The number of ether oxygens (including phenoxy) is 1. The van der Waals surface area contributed by atoms with Crippen molar-refractivity contribution in [3.8, 4) is 0 Å². The summed E-state index contributed by atoms with van der Waals surface area (Å²) < 4.78 is 4.67. The van der Waals surface area contributed by atoms with Gasteiger partial charge in [-0.05, 0) is 11.8 Å². The quantitative estimate of drug-likeness (QED) is 0.451. The molecular weight excluding hydrogens is 202 g/mol. The van der Waals surface area contributed by atoms with E-state index in [1.54, 1.807) is 13.8 Å². The number of aromatic amines is 1. The first-order valence-corrected chi connectivity index (χ1v) is 4.40. The maximum atomic E-state index is 11.1. The van der Waals surface area contributed by atoms with Crippen molar-refractivity contribution >= 4 is 11.8 Å². The van der Waals surface area contributed by atoms with Crippen LogP contribution in [-0.4, -0.2) is 27.5 Å². The summed E-state index contributed by atoms with van der Waals surface area (Å²) in [4.78, 5) is 27.4. The van der Waals surface area contributed by atoms with Crippen molar-refractivity contribution in [3.05, 3.63) is 21.6 Å². The molecule has 7 nitrogen and oxygen atoms in total. The Morgan fingerprint density at radius 2 is 2.33 bits per heavy atom. The molecule has 0 amide bonds. The Bertz CT molecular complexity index is 385. The minimum atomic E-state index is -0.603. The highest BCUT2D eigenvalue weighted by Gasteiger charge is 2.20.